The fourth-order valence-corrected chi connectivity index (χ4v) is 1.37. The first-order valence-corrected chi connectivity index (χ1v) is 6.89. The maximum Gasteiger partial charge on any atom is 0.166 e. The molecule has 0 aliphatic carbocycles. The zero-order chi connectivity index (χ0) is 13.6. The van der Waals surface area contributed by atoms with Crippen molar-refractivity contribution in [2.24, 2.45) is 0 Å². The Hall–Kier alpha value is -0.430. The predicted molar refractivity (Wildman–Crippen MR) is 79.1 cm³/mol. The first kappa shape index (κ1) is 17.6. The summed E-state index contributed by atoms with van der Waals surface area (Å²) < 4.78 is 10.7. The van der Waals surface area contributed by atoms with Crippen LogP contribution in [0.15, 0.2) is 0 Å². The van der Waals surface area contributed by atoms with E-state index in [4.69, 9.17) is 21.7 Å². The summed E-state index contributed by atoms with van der Waals surface area (Å²) in [5.74, 6) is 0. The molecule has 2 N–H and O–H groups in total. The molecule has 0 aromatic rings. The fourth-order valence-electron chi connectivity index (χ4n) is 1.17. The summed E-state index contributed by atoms with van der Waals surface area (Å²) in [4.78, 5) is 2.10. The second kappa shape index (κ2) is 13.0. The maximum absolute atomic E-state index is 5.44. The van der Waals surface area contributed by atoms with Crippen LogP contribution in [-0.2, 0) is 9.47 Å². The zero-order valence-corrected chi connectivity index (χ0v) is 12.6. The van der Waals surface area contributed by atoms with Gasteiger partial charge in [-0.15, -0.1) is 0 Å². The molecule has 0 saturated carbocycles. The fraction of sp³-hybridized carbons (Fsp3) is 0.917. The second-order valence-electron chi connectivity index (χ2n) is 4.15. The normalized spacial score (nSPS) is 10.7. The van der Waals surface area contributed by atoms with E-state index in [2.05, 4.69) is 15.5 Å². The van der Waals surface area contributed by atoms with E-state index in [-0.39, 0.29) is 0 Å². The molecule has 0 saturated heterocycles. The number of hydrogen-bond donors (Lipinski definition) is 2. The molecule has 0 atom stereocenters. The van der Waals surface area contributed by atoms with Crippen molar-refractivity contribution in [1.29, 1.82) is 0 Å². The summed E-state index contributed by atoms with van der Waals surface area (Å²) in [5.41, 5.74) is 0. The lowest BCUT2D eigenvalue weighted by molar-refractivity contribution is 0.122. The van der Waals surface area contributed by atoms with Crippen molar-refractivity contribution in [3.8, 4) is 0 Å². The molecule has 0 amide bonds. The van der Waals surface area contributed by atoms with Gasteiger partial charge in [0, 0.05) is 32.8 Å². The lowest BCUT2D eigenvalue weighted by atomic mass is 10.4. The minimum absolute atomic E-state index is 0.675. The van der Waals surface area contributed by atoms with Crippen LogP contribution in [0.2, 0.25) is 0 Å². The number of likely N-dealkylation sites (N-methyl/N-ethyl adjacent to an activating group) is 1. The molecule has 6 heteroatoms. The molecule has 0 fully saturated rings. The van der Waals surface area contributed by atoms with Crippen LogP contribution in [-0.4, -0.2) is 70.2 Å². The van der Waals surface area contributed by atoms with Crippen molar-refractivity contribution in [2.45, 2.75) is 13.3 Å². The van der Waals surface area contributed by atoms with Crippen LogP contribution in [0.1, 0.15) is 13.3 Å². The Labute approximate surface area is 116 Å². The summed E-state index contributed by atoms with van der Waals surface area (Å²) in [6.07, 6.45) is 0.967. The van der Waals surface area contributed by atoms with Crippen LogP contribution in [0.5, 0.6) is 0 Å². The number of thiocarbonyl (C=S) groups is 1. The van der Waals surface area contributed by atoms with E-state index in [1.54, 1.807) is 0 Å². The number of rotatable bonds is 11. The van der Waals surface area contributed by atoms with E-state index >= 15 is 0 Å². The predicted octanol–water partition coefficient (Wildman–Crippen LogP) is 0.455. The van der Waals surface area contributed by atoms with Gasteiger partial charge in [-0.05, 0) is 39.7 Å². The monoisotopic (exact) mass is 277 g/mol. The van der Waals surface area contributed by atoms with E-state index in [0.29, 0.717) is 11.7 Å². The van der Waals surface area contributed by atoms with E-state index in [0.717, 1.165) is 45.9 Å². The van der Waals surface area contributed by atoms with Crippen LogP contribution < -0.4 is 10.6 Å². The molecule has 0 aromatic carbocycles. The lowest BCUT2D eigenvalue weighted by Gasteiger charge is -2.12. The average Bonchev–Trinajstić information content (AvgIpc) is 2.33. The van der Waals surface area contributed by atoms with Gasteiger partial charge in [-0.1, -0.05) is 0 Å². The van der Waals surface area contributed by atoms with E-state index < -0.39 is 0 Å². The van der Waals surface area contributed by atoms with Crippen molar-refractivity contribution >= 4 is 17.3 Å². The third-order valence-corrected chi connectivity index (χ3v) is 2.46. The minimum Gasteiger partial charge on any atom is -0.382 e. The topological polar surface area (TPSA) is 45.8 Å². The molecular formula is C12H27N3O2S. The first-order chi connectivity index (χ1) is 8.66. The highest BCUT2D eigenvalue weighted by Crippen LogP contribution is 1.81. The molecule has 0 aliphatic heterocycles. The van der Waals surface area contributed by atoms with Crippen molar-refractivity contribution in [1.82, 2.24) is 15.5 Å². The highest BCUT2D eigenvalue weighted by molar-refractivity contribution is 7.80. The smallest absolute Gasteiger partial charge is 0.166 e. The van der Waals surface area contributed by atoms with Crippen LogP contribution in [0.4, 0.5) is 0 Å². The second-order valence-corrected chi connectivity index (χ2v) is 4.56. The number of nitrogens with zero attached hydrogens (tertiary/aromatic N) is 1. The number of nitrogens with one attached hydrogen (secondary N) is 2. The van der Waals surface area contributed by atoms with Gasteiger partial charge in [0.1, 0.15) is 0 Å². The molecule has 0 bridgehead atoms. The van der Waals surface area contributed by atoms with Crippen LogP contribution in [0, 0.1) is 0 Å². The van der Waals surface area contributed by atoms with E-state index in [1.807, 2.05) is 21.0 Å². The molecule has 0 aliphatic rings. The summed E-state index contributed by atoms with van der Waals surface area (Å²) >= 11 is 5.12. The molecule has 18 heavy (non-hydrogen) atoms. The van der Waals surface area contributed by atoms with Gasteiger partial charge in [-0.3, -0.25) is 0 Å². The molecule has 5 nitrogen and oxygen atoms in total. The third kappa shape index (κ3) is 13.6. The lowest BCUT2D eigenvalue weighted by Crippen LogP contribution is -2.38. The highest BCUT2D eigenvalue weighted by atomic mass is 32.1. The van der Waals surface area contributed by atoms with Gasteiger partial charge in [0.05, 0.1) is 13.2 Å². The van der Waals surface area contributed by atoms with Crippen molar-refractivity contribution in [3.63, 3.8) is 0 Å². The number of ether oxygens (including phenoxy) is 2. The molecule has 108 valence electrons. The third-order valence-electron chi connectivity index (χ3n) is 2.17. The van der Waals surface area contributed by atoms with Gasteiger partial charge in [0.2, 0.25) is 0 Å². The highest BCUT2D eigenvalue weighted by Gasteiger charge is 1.95. The quantitative estimate of drug-likeness (QED) is 0.422. The largest absolute Gasteiger partial charge is 0.382 e. The van der Waals surface area contributed by atoms with Crippen LogP contribution in [0.25, 0.3) is 0 Å². The van der Waals surface area contributed by atoms with Gasteiger partial charge < -0.3 is 25.0 Å². The summed E-state index contributed by atoms with van der Waals surface area (Å²) in [6, 6.07) is 0. The molecular weight excluding hydrogens is 250 g/mol. The molecule has 0 heterocycles. The summed E-state index contributed by atoms with van der Waals surface area (Å²) in [5, 5.41) is 6.91. The van der Waals surface area contributed by atoms with Crippen molar-refractivity contribution < 1.29 is 9.47 Å². The SMILES string of the molecule is CCOCCCNC(=S)NCCOCCN(C)C. The Morgan fingerprint density at radius 2 is 1.78 bits per heavy atom. The average molecular weight is 277 g/mol. The van der Waals surface area contributed by atoms with Crippen molar-refractivity contribution in [2.75, 3.05) is 60.2 Å². The van der Waals surface area contributed by atoms with Gasteiger partial charge in [0.25, 0.3) is 0 Å². The summed E-state index contributed by atoms with van der Waals surface area (Å²) in [7, 11) is 4.06. The maximum atomic E-state index is 5.44. The van der Waals surface area contributed by atoms with E-state index in [1.165, 1.54) is 0 Å². The standard InChI is InChI=1S/C12H27N3O2S/c1-4-16-9-5-6-13-12(18)14-7-10-17-11-8-15(2)3/h4-11H2,1-3H3,(H2,13,14,18). The molecule has 0 unspecified atom stereocenters. The first-order valence-electron chi connectivity index (χ1n) is 6.48. The Balaban J connectivity index is 3.17. The molecule has 0 aromatic heterocycles. The molecule has 0 radical (unpaired) electrons. The summed E-state index contributed by atoms with van der Waals surface area (Å²) in [6.45, 7) is 7.50. The van der Waals surface area contributed by atoms with Crippen molar-refractivity contribution in [3.05, 3.63) is 0 Å². The number of hydrogen-bond acceptors (Lipinski definition) is 4. The van der Waals surface area contributed by atoms with Gasteiger partial charge >= 0.3 is 0 Å². The van der Waals surface area contributed by atoms with Gasteiger partial charge in [-0.2, -0.15) is 0 Å². The molecule has 0 rings (SSSR count). The zero-order valence-electron chi connectivity index (χ0n) is 11.8. The Bertz CT molecular complexity index is 204. The van der Waals surface area contributed by atoms with Crippen LogP contribution in [0.3, 0.4) is 0 Å². The Kier molecular flexibility index (Phi) is 12.7. The van der Waals surface area contributed by atoms with E-state index in [9.17, 15) is 0 Å². The Morgan fingerprint density at radius 1 is 1.06 bits per heavy atom. The van der Waals surface area contributed by atoms with Gasteiger partial charge in [0.15, 0.2) is 5.11 Å². The Morgan fingerprint density at radius 3 is 2.44 bits per heavy atom. The molecule has 0 spiro atoms. The van der Waals surface area contributed by atoms with Gasteiger partial charge in [-0.25, -0.2) is 0 Å². The minimum atomic E-state index is 0.675. The van der Waals surface area contributed by atoms with Crippen LogP contribution >= 0.6 is 12.2 Å².